The van der Waals surface area contributed by atoms with Gasteiger partial charge in [0.1, 0.15) is 0 Å². The van der Waals surface area contributed by atoms with Gasteiger partial charge in [-0.05, 0) is 26.5 Å². The van der Waals surface area contributed by atoms with Gasteiger partial charge in [0.15, 0.2) is 0 Å². The molecule has 0 spiro atoms. The highest BCUT2D eigenvalue weighted by Crippen LogP contribution is 2.11. The van der Waals surface area contributed by atoms with E-state index in [4.69, 9.17) is 0 Å². The maximum atomic E-state index is 12.3. The van der Waals surface area contributed by atoms with Gasteiger partial charge in [0.2, 0.25) is 5.91 Å². The van der Waals surface area contributed by atoms with Crippen LogP contribution >= 0.6 is 0 Å². The van der Waals surface area contributed by atoms with Gasteiger partial charge in [0.05, 0.1) is 6.04 Å². The molecule has 1 aromatic carbocycles. The maximum Gasteiger partial charge on any atom is 0.324 e. The van der Waals surface area contributed by atoms with Crippen LogP contribution in [0.2, 0.25) is 0 Å². The quantitative estimate of drug-likeness (QED) is 0.903. The molecule has 1 saturated heterocycles. The third-order valence-electron chi connectivity index (χ3n) is 3.69. The van der Waals surface area contributed by atoms with Crippen LogP contribution in [0.15, 0.2) is 24.3 Å². The topological polar surface area (TPSA) is 52.7 Å². The number of imide groups is 1. The molecule has 0 saturated carbocycles. The van der Waals surface area contributed by atoms with Gasteiger partial charge in [-0.15, -0.1) is 0 Å². The van der Waals surface area contributed by atoms with Crippen molar-refractivity contribution in [3.63, 3.8) is 0 Å². The number of amides is 3. The summed E-state index contributed by atoms with van der Waals surface area (Å²) in [6.45, 7) is 5.57. The first-order valence-electron chi connectivity index (χ1n) is 6.84. The molecule has 1 heterocycles. The van der Waals surface area contributed by atoms with E-state index >= 15 is 0 Å². The molecule has 0 aromatic heterocycles. The number of nitrogens with one attached hydrogen (secondary N) is 1. The van der Waals surface area contributed by atoms with Crippen LogP contribution in [-0.2, 0) is 11.3 Å². The first-order chi connectivity index (χ1) is 9.49. The zero-order valence-electron chi connectivity index (χ0n) is 12.2. The van der Waals surface area contributed by atoms with Crippen LogP contribution in [0.3, 0.4) is 0 Å². The van der Waals surface area contributed by atoms with E-state index in [2.05, 4.69) is 29.6 Å². The van der Waals surface area contributed by atoms with Crippen LogP contribution < -0.4 is 5.32 Å². The van der Waals surface area contributed by atoms with Gasteiger partial charge in [-0.1, -0.05) is 29.8 Å². The molecule has 1 fully saturated rings. The summed E-state index contributed by atoms with van der Waals surface area (Å²) < 4.78 is 0. The molecule has 1 N–H and O–H groups in total. The number of hydrogen-bond acceptors (Lipinski definition) is 3. The van der Waals surface area contributed by atoms with Crippen molar-refractivity contribution in [2.45, 2.75) is 26.4 Å². The third-order valence-corrected chi connectivity index (χ3v) is 3.69. The molecule has 20 heavy (non-hydrogen) atoms. The lowest BCUT2D eigenvalue weighted by Gasteiger charge is -2.26. The average molecular weight is 275 g/mol. The Morgan fingerprint density at radius 1 is 1.40 bits per heavy atom. The summed E-state index contributed by atoms with van der Waals surface area (Å²) in [5.41, 5.74) is 2.37. The van der Waals surface area contributed by atoms with Crippen molar-refractivity contribution in [3.05, 3.63) is 35.4 Å². The fourth-order valence-corrected chi connectivity index (χ4v) is 2.21. The Labute approximate surface area is 119 Å². The molecule has 5 nitrogen and oxygen atoms in total. The van der Waals surface area contributed by atoms with Gasteiger partial charge in [0, 0.05) is 19.6 Å². The second kappa shape index (κ2) is 6.05. The van der Waals surface area contributed by atoms with Crippen LogP contribution in [0.5, 0.6) is 0 Å². The molecule has 108 valence electrons. The lowest BCUT2D eigenvalue weighted by Crippen LogP contribution is -2.46. The Bertz CT molecular complexity index is 498. The van der Waals surface area contributed by atoms with Crippen molar-refractivity contribution in [1.29, 1.82) is 0 Å². The smallest absolute Gasteiger partial charge is 0.324 e. The Morgan fingerprint density at radius 2 is 2.05 bits per heavy atom. The standard InChI is InChI=1S/C15H21N3O2/c1-11-4-6-13(7-5-11)10-17(3)12(2)14(19)18-9-8-16-15(18)20/h4-7,12H,8-10H2,1-3H3,(H,16,20)/t12-/m1/s1. The van der Waals surface area contributed by atoms with E-state index < -0.39 is 0 Å². The van der Waals surface area contributed by atoms with Crippen LogP contribution in [0.4, 0.5) is 4.79 Å². The van der Waals surface area contributed by atoms with Crippen LogP contribution in [0.1, 0.15) is 18.1 Å². The molecule has 0 unspecified atom stereocenters. The van der Waals surface area contributed by atoms with Crippen molar-refractivity contribution in [3.8, 4) is 0 Å². The number of carbonyl (C=O) groups excluding carboxylic acids is 2. The molecule has 0 radical (unpaired) electrons. The fraction of sp³-hybridized carbons (Fsp3) is 0.467. The molecule has 5 heteroatoms. The van der Waals surface area contributed by atoms with Crippen molar-refractivity contribution < 1.29 is 9.59 Å². The third kappa shape index (κ3) is 3.17. The number of aryl methyl sites for hydroxylation is 1. The molecule has 1 aliphatic rings. The summed E-state index contributed by atoms with van der Waals surface area (Å²) in [6, 6.07) is 7.63. The molecule has 3 amide bonds. The van der Waals surface area contributed by atoms with Crippen LogP contribution in [0, 0.1) is 6.92 Å². The number of urea groups is 1. The minimum absolute atomic E-state index is 0.144. The molecular formula is C15H21N3O2. The zero-order chi connectivity index (χ0) is 14.7. The van der Waals surface area contributed by atoms with E-state index in [1.165, 1.54) is 10.5 Å². The van der Waals surface area contributed by atoms with Gasteiger partial charge in [-0.3, -0.25) is 14.6 Å². The first kappa shape index (κ1) is 14.5. The number of benzene rings is 1. The maximum absolute atomic E-state index is 12.3. The summed E-state index contributed by atoms with van der Waals surface area (Å²) >= 11 is 0. The second-order valence-corrected chi connectivity index (χ2v) is 5.30. The second-order valence-electron chi connectivity index (χ2n) is 5.30. The summed E-state index contributed by atoms with van der Waals surface area (Å²) in [7, 11) is 1.90. The Kier molecular flexibility index (Phi) is 4.39. The molecule has 0 aliphatic carbocycles. The number of rotatable bonds is 4. The van der Waals surface area contributed by atoms with Crippen LogP contribution in [0.25, 0.3) is 0 Å². The Morgan fingerprint density at radius 3 is 2.60 bits per heavy atom. The van der Waals surface area contributed by atoms with Crippen molar-refractivity contribution in [2.75, 3.05) is 20.1 Å². The fourth-order valence-electron chi connectivity index (χ4n) is 2.21. The van der Waals surface area contributed by atoms with E-state index in [0.717, 1.165) is 5.56 Å². The van der Waals surface area contributed by atoms with Gasteiger partial charge in [-0.2, -0.15) is 0 Å². The summed E-state index contributed by atoms with van der Waals surface area (Å²) in [6.07, 6.45) is 0. The molecule has 1 atom stereocenters. The molecule has 1 aromatic rings. The summed E-state index contributed by atoms with van der Waals surface area (Å²) in [5.74, 6) is -0.144. The number of nitrogens with zero attached hydrogens (tertiary/aromatic N) is 2. The number of hydrogen-bond donors (Lipinski definition) is 1. The number of likely N-dealkylation sites (N-methyl/N-ethyl adjacent to an activating group) is 1. The predicted molar refractivity (Wildman–Crippen MR) is 77.2 cm³/mol. The van der Waals surface area contributed by atoms with E-state index in [1.54, 1.807) is 0 Å². The SMILES string of the molecule is Cc1ccc(CN(C)[C@H](C)C(=O)N2CCNC2=O)cc1. The Hall–Kier alpha value is -1.88. The van der Waals surface area contributed by atoms with Gasteiger partial charge in [-0.25, -0.2) is 4.79 Å². The first-order valence-corrected chi connectivity index (χ1v) is 6.84. The van der Waals surface area contributed by atoms with Crippen molar-refractivity contribution >= 4 is 11.9 Å². The van der Waals surface area contributed by atoms with E-state index in [0.29, 0.717) is 19.6 Å². The van der Waals surface area contributed by atoms with Crippen molar-refractivity contribution in [2.24, 2.45) is 0 Å². The van der Waals surface area contributed by atoms with E-state index in [-0.39, 0.29) is 18.0 Å². The molecule has 1 aliphatic heterocycles. The lowest BCUT2D eigenvalue weighted by molar-refractivity contribution is -0.132. The molecule has 0 bridgehead atoms. The highest BCUT2D eigenvalue weighted by atomic mass is 16.2. The largest absolute Gasteiger partial charge is 0.336 e. The van der Waals surface area contributed by atoms with Gasteiger partial charge >= 0.3 is 6.03 Å². The Balaban J connectivity index is 1.97. The molecular weight excluding hydrogens is 254 g/mol. The zero-order valence-corrected chi connectivity index (χ0v) is 12.2. The van der Waals surface area contributed by atoms with Crippen LogP contribution in [-0.4, -0.2) is 47.9 Å². The van der Waals surface area contributed by atoms with Gasteiger partial charge in [0.25, 0.3) is 0 Å². The normalized spacial score (nSPS) is 16.4. The summed E-state index contributed by atoms with van der Waals surface area (Å²) in [4.78, 5) is 27.0. The monoisotopic (exact) mass is 275 g/mol. The highest BCUT2D eigenvalue weighted by molar-refractivity contribution is 5.98. The summed E-state index contributed by atoms with van der Waals surface area (Å²) in [5, 5.41) is 2.65. The lowest BCUT2D eigenvalue weighted by atomic mass is 10.1. The minimum atomic E-state index is -0.319. The average Bonchev–Trinajstić information content (AvgIpc) is 2.86. The van der Waals surface area contributed by atoms with E-state index in [1.807, 2.05) is 25.8 Å². The predicted octanol–water partition coefficient (Wildman–Crippen LogP) is 1.37. The minimum Gasteiger partial charge on any atom is -0.336 e. The van der Waals surface area contributed by atoms with Gasteiger partial charge < -0.3 is 5.32 Å². The molecule has 2 rings (SSSR count). The number of carbonyl (C=O) groups is 2. The van der Waals surface area contributed by atoms with Crippen molar-refractivity contribution in [1.82, 2.24) is 15.1 Å². The van der Waals surface area contributed by atoms with E-state index in [9.17, 15) is 9.59 Å². The highest BCUT2D eigenvalue weighted by Gasteiger charge is 2.31.